The Morgan fingerprint density at radius 2 is 2.19 bits per heavy atom. The number of piperidine rings is 1. The van der Waals surface area contributed by atoms with Gasteiger partial charge in [-0.15, -0.1) is 0 Å². The van der Waals surface area contributed by atoms with Crippen LogP contribution in [-0.2, 0) is 4.79 Å². The van der Waals surface area contributed by atoms with Crippen molar-refractivity contribution in [2.75, 3.05) is 11.9 Å². The summed E-state index contributed by atoms with van der Waals surface area (Å²) in [4.78, 5) is 25.4. The van der Waals surface area contributed by atoms with Crippen molar-refractivity contribution in [2.45, 2.75) is 45.2 Å². The highest BCUT2D eigenvalue weighted by atomic mass is 16.6. The predicted molar refractivity (Wildman–Crippen MR) is 98.8 cm³/mol. The standard InChI is InChI=1S/C18H23N5O3/c1-12(2)22-9-4-3-8-16(22)18(24)19-17-11-15(20-21-17)13-6-5-7-14(10-13)23(25)26/h5-7,10-12,16H,3-4,8-9H2,1-2H3,(H2,19,20,21,24). The molecule has 0 radical (unpaired) electrons. The van der Waals surface area contributed by atoms with E-state index in [4.69, 9.17) is 0 Å². The summed E-state index contributed by atoms with van der Waals surface area (Å²) in [6.45, 7) is 5.12. The van der Waals surface area contributed by atoms with Crippen LogP contribution < -0.4 is 5.32 Å². The summed E-state index contributed by atoms with van der Waals surface area (Å²) in [5.41, 5.74) is 1.28. The zero-order chi connectivity index (χ0) is 18.7. The summed E-state index contributed by atoms with van der Waals surface area (Å²) >= 11 is 0. The first-order chi connectivity index (χ1) is 12.5. The van der Waals surface area contributed by atoms with Crippen LogP contribution in [0.25, 0.3) is 11.3 Å². The van der Waals surface area contributed by atoms with Crippen LogP contribution >= 0.6 is 0 Å². The third-order valence-electron chi connectivity index (χ3n) is 4.71. The zero-order valence-electron chi connectivity index (χ0n) is 14.9. The Bertz CT molecular complexity index is 802. The number of anilines is 1. The molecular weight excluding hydrogens is 334 g/mol. The van der Waals surface area contributed by atoms with Crippen LogP contribution in [0.1, 0.15) is 33.1 Å². The molecule has 0 saturated carbocycles. The second-order valence-electron chi connectivity index (χ2n) is 6.81. The average Bonchev–Trinajstić information content (AvgIpc) is 3.10. The van der Waals surface area contributed by atoms with Gasteiger partial charge in [0.15, 0.2) is 5.82 Å². The molecule has 1 atom stereocenters. The molecule has 2 N–H and O–H groups in total. The van der Waals surface area contributed by atoms with Crippen molar-refractivity contribution in [3.8, 4) is 11.3 Å². The van der Waals surface area contributed by atoms with E-state index in [9.17, 15) is 14.9 Å². The van der Waals surface area contributed by atoms with Gasteiger partial charge >= 0.3 is 0 Å². The van der Waals surface area contributed by atoms with Crippen molar-refractivity contribution in [1.82, 2.24) is 15.1 Å². The first kappa shape index (κ1) is 18.1. The molecule has 138 valence electrons. The predicted octanol–water partition coefficient (Wildman–Crippen LogP) is 3.19. The summed E-state index contributed by atoms with van der Waals surface area (Å²) in [6, 6.07) is 8.14. The van der Waals surface area contributed by atoms with E-state index in [0.717, 1.165) is 25.8 Å². The lowest BCUT2D eigenvalue weighted by Gasteiger charge is -2.37. The fourth-order valence-corrected chi connectivity index (χ4v) is 3.38. The van der Waals surface area contributed by atoms with Crippen molar-refractivity contribution in [3.05, 3.63) is 40.4 Å². The Labute approximate surface area is 151 Å². The number of rotatable bonds is 5. The van der Waals surface area contributed by atoms with Gasteiger partial charge in [0.2, 0.25) is 5.91 Å². The molecule has 1 aliphatic rings. The quantitative estimate of drug-likeness (QED) is 0.632. The van der Waals surface area contributed by atoms with Crippen molar-refractivity contribution < 1.29 is 9.72 Å². The number of nitrogens with one attached hydrogen (secondary N) is 2. The van der Waals surface area contributed by atoms with Gasteiger partial charge in [0.1, 0.15) is 0 Å². The molecule has 8 heteroatoms. The minimum absolute atomic E-state index is 0.0115. The van der Waals surface area contributed by atoms with E-state index in [1.165, 1.54) is 12.1 Å². The number of non-ortho nitro benzene ring substituents is 1. The second-order valence-corrected chi connectivity index (χ2v) is 6.81. The number of carbonyl (C=O) groups excluding carboxylic acids is 1. The smallest absolute Gasteiger partial charge is 0.270 e. The van der Waals surface area contributed by atoms with E-state index in [1.807, 2.05) is 0 Å². The summed E-state index contributed by atoms with van der Waals surface area (Å²) in [6.07, 6.45) is 2.99. The molecule has 2 heterocycles. The molecule has 0 aliphatic carbocycles. The van der Waals surface area contributed by atoms with E-state index < -0.39 is 4.92 Å². The van der Waals surface area contributed by atoms with Crippen LogP contribution in [0, 0.1) is 10.1 Å². The van der Waals surface area contributed by atoms with Gasteiger partial charge in [-0.2, -0.15) is 5.10 Å². The van der Waals surface area contributed by atoms with Crippen LogP contribution in [0.2, 0.25) is 0 Å². The normalized spacial score (nSPS) is 18.0. The number of aromatic nitrogens is 2. The molecule has 1 unspecified atom stereocenters. The maximum absolute atomic E-state index is 12.7. The number of aromatic amines is 1. The van der Waals surface area contributed by atoms with Crippen LogP contribution in [0.4, 0.5) is 11.5 Å². The molecule has 3 rings (SSSR count). The highest BCUT2D eigenvalue weighted by Gasteiger charge is 2.30. The molecule has 1 amide bonds. The molecule has 2 aromatic rings. The Hall–Kier alpha value is -2.74. The topological polar surface area (TPSA) is 104 Å². The summed E-state index contributed by atoms with van der Waals surface area (Å²) in [7, 11) is 0. The fourth-order valence-electron chi connectivity index (χ4n) is 3.38. The minimum atomic E-state index is -0.438. The van der Waals surface area contributed by atoms with Crippen LogP contribution in [-0.4, -0.2) is 44.6 Å². The van der Waals surface area contributed by atoms with E-state index >= 15 is 0 Å². The Balaban J connectivity index is 1.73. The van der Waals surface area contributed by atoms with E-state index in [2.05, 4.69) is 34.3 Å². The number of nitrogens with zero attached hydrogens (tertiary/aromatic N) is 3. The van der Waals surface area contributed by atoms with Gasteiger partial charge in [0.05, 0.1) is 16.7 Å². The van der Waals surface area contributed by atoms with Gasteiger partial charge in [-0.25, -0.2) is 0 Å². The molecular formula is C18H23N5O3. The maximum atomic E-state index is 12.7. The molecule has 1 saturated heterocycles. The number of amides is 1. The summed E-state index contributed by atoms with van der Waals surface area (Å²) in [5, 5.41) is 20.7. The molecule has 1 aromatic heterocycles. The van der Waals surface area contributed by atoms with Crippen molar-refractivity contribution in [2.24, 2.45) is 0 Å². The SMILES string of the molecule is CC(C)N1CCCCC1C(=O)Nc1cc(-c2cccc([N+](=O)[O-])c2)[nH]n1. The van der Waals surface area contributed by atoms with Gasteiger partial charge in [-0.1, -0.05) is 18.6 Å². The second kappa shape index (κ2) is 7.65. The van der Waals surface area contributed by atoms with Gasteiger partial charge < -0.3 is 5.32 Å². The third-order valence-corrected chi connectivity index (χ3v) is 4.71. The van der Waals surface area contributed by atoms with Crippen molar-refractivity contribution in [3.63, 3.8) is 0 Å². The number of hydrogen-bond donors (Lipinski definition) is 2. The zero-order valence-corrected chi connectivity index (χ0v) is 14.9. The Morgan fingerprint density at radius 1 is 1.38 bits per heavy atom. The molecule has 0 spiro atoms. The maximum Gasteiger partial charge on any atom is 0.270 e. The molecule has 1 aromatic carbocycles. The molecule has 1 aliphatic heterocycles. The molecule has 8 nitrogen and oxygen atoms in total. The number of nitro benzene ring substituents is 1. The van der Waals surface area contributed by atoms with Crippen LogP contribution in [0.3, 0.4) is 0 Å². The van der Waals surface area contributed by atoms with Gasteiger partial charge in [-0.3, -0.25) is 24.9 Å². The van der Waals surface area contributed by atoms with E-state index in [0.29, 0.717) is 23.1 Å². The van der Waals surface area contributed by atoms with Gasteiger partial charge in [-0.05, 0) is 33.2 Å². The Morgan fingerprint density at radius 3 is 2.92 bits per heavy atom. The van der Waals surface area contributed by atoms with Crippen LogP contribution in [0.15, 0.2) is 30.3 Å². The summed E-state index contributed by atoms with van der Waals surface area (Å²) < 4.78 is 0. The Kier molecular flexibility index (Phi) is 5.32. The molecule has 0 bridgehead atoms. The minimum Gasteiger partial charge on any atom is -0.308 e. The number of carbonyl (C=O) groups is 1. The number of nitro groups is 1. The number of hydrogen-bond acceptors (Lipinski definition) is 5. The first-order valence-electron chi connectivity index (χ1n) is 8.82. The van der Waals surface area contributed by atoms with Crippen molar-refractivity contribution >= 4 is 17.4 Å². The van der Waals surface area contributed by atoms with Crippen LogP contribution in [0.5, 0.6) is 0 Å². The lowest BCUT2D eigenvalue weighted by molar-refractivity contribution is -0.384. The monoisotopic (exact) mass is 357 g/mol. The number of H-pyrrole nitrogens is 1. The largest absolute Gasteiger partial charge is 0.308 e. The highest BCUT2D eigenvalue weighted by molar-refractivity contribution is 5.94. The van der Waals surface area contributed by atoms with E-state index in [-0.39, 0.29) is 17.6 Å². The van der Waals surface area contributed by atoms with Gasteiger partial charge in [0.25, 0.3) is 5.69 Å². The number of likely N-dealkylation sites (tertiary alicyclic amines) is 1. The van der Waals surface area contributed by atoms with Crippen molar-refractivity contribution in [1.29, 1.82) is 0 Å². The fraction of sp³-hybridized carbons (Fsp3) is 0.444. The van der Waals surface area contributed by atoms with E-state index in [1.54, 1.807) is 18.2 Å². The summed E-state index contributed by atoms with van der Waals surface area (Å²) in [5.74, 6) is 0.362. The highest BCUT2D eigenvalue weighted by Crippen LogP contribution is 2.25. The number of benzene rings is 1. The lowest BCUT2D eigenvalue weighted by atomic mass is 9.99. The molecule has 26 heavy (non-hydrogen) atoms. The average molecular weight is 357 g/mol. The molecule has 1 fully saturated rings. The third kappa shape index (κ3) is 3.91. The lowest BCUT2D eigenvalue weighted by Crippen LogP contribution is -2.50. The van der Waals surface area contributed by atoms with Gasteiger partial charge in [0, 0.05) is 29.8 Å². The first-order valence-corrected chi connectivity index (χ1v) is 8.82.